The van der Waals surface area contributed by atoms with Crippen molar-refractivity contribution in [3.63, 3.8) is 0 Å². The molecule has 3 rings (SSSR count). The first kappa shape index (κ1) is 17.3. The molecule has 0 fully saturated rings. The smallest absolute Gasteiger partial charge is 0.264 e. The standard InChI is InChI=1S/C17H18ClN3OS2/c1-5-21(8-12-6-7-13(18)23-12)17(22)15-9(2)14-10(3)19-11(4)20-16(14)24-15/h6-7H,5,8H2,1-4H3. The van der Waals surface area contributed by atoms with Crippen molar-refractivity contribution in [3.05, 3.63) is 43.3 Å². The highest BCUT2D eigenvalue weighted by molar-refractivity contribution is 7.20. The van der Waals surface area contributed by atoms with Crippen LogP contribution < -0.4 is 0 Å². The van der Waals surface area contributed by atoms with Gasteiger partial charge in [0, 0.05) is 22.5 Å². The summed E-state index contributed by atoms with van der Waals surface area (Å²) in [6.45, 7) is 9.03. The highest BCUT2D eigenvalue weighted by atomic mass is 35.5. The molecule has 0 spiro atoms. The summed E-state index contributed by atoms with van der Waals surface area (Å²) in [4.78, 5) is 26.5. The molecule has 0 aliphatic rings. The number of aromatic nitrogens is 2. The van der Waals surface area contributed by atoms with Gasteiger partial charge in [-0.05, 0) is 45.4 Å². The highest BCUT2D eigenvalue weighted by Gasteiger charge is 2.23. The van der Waals surface area contributed by atoms with Gasteiger partial charge in [0.2, 0.25) is 0 Å². The van der Waals surface area contributed by atoms with Crippen LogP contribution in [0.1, 0.15) is 38.6 Å². The monoisotopic (exact) mass is 379 g/mol. The summed E-state index contributed by atoms with van der Waals surface area (Å²) in [7, 11) is 0. The van der Waals surface area contributed by atoms with Gasteiger partial charge in [-0.15, -0.1) is 22.7 Å². The zero-order valence-corrected chi connectivity index (χ0v) is 16.4. The Kier molecular flexibility index (Phi) is 4.90. The molecule has 126 valence electrons. The molecule has 0 atom stereocenters. The fraction of sp³-hybridized carbons (Fsp3) is 0.353. The minimum atomic E-state index is 0.0413. The fourth-order valence-electron chi connectivity index (χ4n) is 2.77. The van der Waals surface area contributed by atoms with Crippen LogP contribution in [-0.4, -0.2) is 27.3 Å². The van der Waals surface area contributed by atoms with Crippen LogP contribution in [-0.2, 0) is 6.54 Å². The molecule has 24 heavy (non-hydrogen) atoms. The normalized spacial score (nSPS) is 11.2. The summed E-state index contributed by atoms with van der Waals surface area (Å²) in [6.07, 6.45) is 0. The van der Waals surface area contributed by atoms with Crippen LogP contribution in [0, 0.1) is 20.8 Å². The van der Waals surface area contributed by atoms with Gasteiger partial charge in [-0.3, -0.25) is 4.79 Å². The summed E-state index contributed by atoms with van der Waals surface area (Å²) in [5.41, 5.74) is 1.90. The number of aryl methyl sites for hydroxylation is 3. The minimum Gasteiger partial charge on any atom is -0.333 e. The average Bonchev–Trinajstić information content (AvgIpc) is 3.07. The second kappa shape index (κ2) is 6.78. The molecule has 0 unspecified atom stereocenters. The van der Waals surface area contributed by atoms with Crippen molar-refractivity contribution in [1.82, 2.24) is 14.9 Å². The van der Waals surface area contributed by atoms with Crippen LogP contribution in [0.5, 0.6) is 0 Å². The van der Waals surface area contributed by atoms with Crippen LogP contribution in [0.3, 0.4) is 0 Å². The largest absolute Gasteiger partial charge is 0.333 e. The Morgan fingerprint density at radius 2 is 1.96 bits per heavy atom. The molecule has 7 heteroatoms. The number of carbonyl (C=O) groups excluding carboxylic acids is 1. The van der Waals surface area contributed by atoms with Gasteiger partial charge in [0.15, 0.2) is 0 Å². The van der Waals surface area contributed by atoms with Gasteiger partial charge in [-0.2, -0.15) is 0 Å². The third kappa shape index (κ3) is 3.18. The highest BCUT2D eigenvalue weighted by Crippen LogP contribution is 2.32. The third-order valence-corrected chi connectivity index (χ3v) is 6.31. The number of rotatable bonds is 4. The maximum Gasteiger partial charge on any atom is 0.264 e. The van der Waals surface area contributed by atoms with E-state index in [4.69, 9.17) is 11.6 Å². The lowest BCUT2D eigenvalue weighted by Crippen LogP contribution is -2.29. The lowest BCUT2D eigenvalue weighted by Gasteiger charge is -2.19. The zero-order valence-electron chi connectivity index (χ0n) is 14.0. The predicted molar refractivity (Wildman–Crippen MR) is 101 cm³/mol. The Labute approximate surface area is 154 Å². The molecule has 1 amide bonds. The molecule has 3 heterocycles. The van der Waals surface area contributed by atoms with E-state index >= 15 is 0 Å². The number of hydrogen-bond donors (Lipinski definition) is 0. The molecule has 0 aromatic carbocycles. The number of carbonyl (C=O) groups is 1. The summed E-state index contributed by atoms with van der Waals surface area (Å²) in [5.74, 6) is 0.778. The van der Waals surface area contributed by atoms with E-state index in [1.165, 1.54) is 22.7 Å². The number of nitrogens with zero attached hydrogens (tertiary/aromatic N) is 3. The van der Waals surface area contributed by atoms with E-state index < -0.39 is 0 Å². The average molecular weight is 380 g/mol. The van der Waals surface area contributed by atoms with Crippen molar-refractivity contribution in [2.45, 2.75) is 34.2 Å². The fourth-order valence-corrected chi connectivity index (χ4v) is 5.12. The number of thiophene rings is 2. The summed E-state index contributed by atoms with van der Waals surface area (Å²) >= 11 is 8.96. The maximum absolute atomic E-state index is 13.0. The first-order valence-corrected chi connectivity index (χ1v) is 9.69. The van der Waals surface area contributed by atoms with Gasteiger partial charge in [0.25, 0.3) is 5.91 Å². The van der Waals surface area contributed by atoms with Crippen LogP contribution >= 0.6 is 34.3 Å². The van der Waals surface area contributed by atoms with Gasteiger partial charge in [0.05, 0.1) is 15.8 Å². The van der Waals surface area contributed by atoms with Gasteiger partial charge in [-0.1, -0.05) is 11.6 Å². The Bertz CT molecular complexity index is 916. The van der Waals surface area contributed by atoms with Crippen molar-refractivity contribution in [2.75, 3.05) is 6.54 Å². The number of hydrogen-bond acceptors (Lipinski definition) is 5. The summed E-state index contributed by atoms with van der Waals surface area (Å²) < 4.78 is 0.743. The first-order valence-electron chi connectivity index (χ1n) is 7.68. The number of amides is 1. The van der Waals surface area contributed by atoms with E-state index in [1.807, 2.05) is 44.7 Å². The van der Waals surface area contributed by atoms with Crippen molar-refractivity contribution < 1.29 is 4.79 Å². The molecule has 0 saturated carbocycles. The molecule has 0 aliphatic heterocycles. The topological polar surface area (TPSA) is 46.1 Å². The van der Waals surface area contributed by atoms with E-state index in [2.05, 4.69) is 9.97 Å². The molecule has 0 bridgehead atoms. The quantitative estimate of drug-likeness (QED) is 0.641. The molecule has 0 saturated heterocycles. The third-order valence-electron chi connectivity index (χ3n) is 3.92. The molecule has 0 radical (unpaired) electrons. The molecule has 0 N–H and O–H groups in total. The lowest BCUT2D eigenvalue weighted by atomic mass is 10.1. The van der Waals surface area contributed by atoms with E-state index in [1.54, 1.807) is 0 Å². The summed E-state index contributed by atoms with van der Waals surface area (Å²) in [6, 6.07) is 3.84. The number of halogens is 1. The molecular weight excluding hydrogens is 362 g/mol. The molecular formula is C17H18ClN3OS2. The van der Waals surface area contributed by atoms with E-state index in [9.17, 15) is 4.79 Å². The number of fused-ring (bicyclic) bond motifs is 1. The molecule has 3 aromatic heterocycles. The van der Waals surface area contributed by atoms with E-state index in [0.717, 1.165) is 41.4 Å². The lowest BCUT2D eigenvalue weighted by molar-refractivity contribution is 0.0758. The summed E-state index contributed by atoms with van der Waals surface area (Å²) in [5, 5.41) is 1.00. The Morgan fingerprint density at radius 3 is 2.58 bits per heavy atom. The Balaban J connectivity index is 1.97. The van der Waals surface area contributed by atoms with Gasteiger partial charge < -0.3 is 4.90 Å². The zero-order chi connectivity index (χ0) is 17.4. The second-order valence-corrected chi connectivity index (χ2v) is 8.42. The van der Waals surface area contributed by atoms with Gasteiger partial charge in [-0.25, -0.2) is 9.97 Å². The van der Waals surface area contributed by atoms with Crippen LogP contribution in [0.25, 0.3) is 10.2 Å². The van der Waals surface area contributed by atoms with Crippen molar-refractivity contribution >= 4 is 50.4 Å². The van der Waals surface area contributed by atoms with Crippen molar-refractivity contribution in [1.29, 1.82) is 0 Å². The van der Waals surface area contributed by atoms with Crippen molar-refractivity contribution in [2.24, 2.45) is 0 Å². The molecule has 0 aliphatic carbocycles. The SMILES string of the molecule is CCN(Cc1ccc(Cl)s1)C(=O)c1sc2nc(C)nc(C)c2c1C. The van der Waals surface area contributed by atoms with Crippen LogP contribution in [0.15, 0.2) is 12.1 Å². The van der Waals surface area contributed by atoms with Crippen molar-refractivity contribution in [3.8, 4) is 0 Å². The van der Waals surface area contributed by atoms with Crippen LogP contribution in [0.2, 0.25) is 4.34 Å². The van der Waals surface area contributed by atoms with E-state index in [-0.39, 0.29) is 5.91 Å². The second-order valence-electron chi connectivity index (χ2n) is 5.62. The molecule has 4 nitrogen and oxygen atoms in total. The Hall–Kier alpha value is -1.50. The minimum absolute atomic E-state index is 0.0413. The maximum atomic E-state index is 13.0. The molecule has 3 aromatic rings. The predicted octanol–water partition coefficient (Wildman–Crippen LogP) is 4.99. The van der Waals surface area contributed by atoms with Crippen LogP contribution in [0.4, 0.5) is 0 Å². The first-order chi connectivity index (χ1) is 11.4. The van der Waals surface area contributed by atoms with Gasteiger partial charge >= 0.3 is 0 Å². The van der Waals surface area contributed by atoms with Gasteiger partial charge in [0.1, 0.15) is 10.7 Å². The Morgan fingerprint density at radius 1 is 1.21 bits per heavy atom. The van der Waals surface area contributed by atoms with E-state index in [0.29, 0.717) is 13.1 Å².